The summed E-state index contributed by atoms with van der Waals surface area (Å²) in [4.78, 5) is 113. The first-order chi connectivity index (χ1) is 30.4. The van der Waals surface area contributed by atoms with E-state index in [1.807, 2.05) is 18.3 Å². The van der Waals surface area contributed by atoms with Crippen molar-refractivity contribution < 1.29 is 28.8 Å². The molecule has 19 nitrogen and oxygen atoms in total. The highest BCUT2D eigenvalue weighted by atomic mass is 16.2. The number of nitrogens with zero attached hydrogens (tertiary/aromatic N) is 9. The first-order valence-electron chi connectivity index (χ1n) is 21.7. The Labute approximate surface area is 362 Å². The summed E-state index contributed by atoms with van der Waals surface area (Å²) in [7, 11) is 0. The van der Waals surface area contributed by atoms with Crippen LogP contribution in [0.4, 0.5) is 27.9 Å². The molecule has 19 heteroatoms. The highest BCUT2D eigenvalue weighted by Gasteiger charge is 2.44. The molecule has 4 fully saturated rings. The lowest BCUT2D eigenvalue weighted by Gasteiger charge is -2.38. The van der Waals surface area contributed by atoms with E-state index in [0.29, 0.717) is 47.1 Å². The maximum absolute atomic E-state index is 13.6. The van der Waals surface area contributed by atoms with Gasteiger partial charge in [-0.25, -0.2) is 14.8 Å². The average Bonchev–Trinajstić information content (AvgIpc) is 3.89. The van der Waals surface area contributed by atoms with Gasteiger partial charge in [0.25, 0.3) is 17.4 Å². The molecule has 0 spiro atoms. The molecule has 1 saturated carbocycles. The van der Waals surface area contributed by atoms with Crippen LogP contribution in [0.15, 0.2) is 47.5 Å². The van der Waals surface area contributed by atoms with Crippen LogP contribution in [0.3, 0.4) is 0 Å². The van der Waals surface area contributed by atoms with Crippen molar-refractivity contribution in [2.24, 2.45) is 0 Å². The zero-order valence-corrected chi connectivity index (χ0v) is 35.4. The molecule has 3 aromatic heterocycles. The molecule has 9 rings (SSSR count). The van der Waals surface area contributed by atoms with Gasteiger partial charge < -0.3 is 20.4 Å². The lowest BCUT2D eigenvalue weighted by Crippen LogP contribution is -2.54. The zero-order valence-electron chi connectivity index (χ0n) is 35.4. The van der Waals surface area contributed by atoms with Crippen molar-refractivity contribution >= 4 is 69.6 Å². The van der Waals surface area contributed by atoms with Gasteiger partial charge in [-0.3, -0.25) is 53.4 Å². The number of anilines is 4. The standard InChI is InChI=1S/C44H50N12O7/c1-26-33-25-46-43(50-38(33)55(29-5-3-4-6-29)42(62)37(26)27(2)57)48-35-11-8-30(24-45-35)53-19-15-51(16-20-53)13-14-52-17-21-54(22-18-52)44(63)47-28-7-9-31-32(23-28)41(61)56(40(31)60)34-10-12-36(58)49-39(34)59/h7-9,11,23-25,29,34H,3-6,10,12-22H2,1-2H3,(H,47,63)(H,49,58,59)(H,45,46,48,50). The van der Waals surface area contributed by atoms with E-state index >= 15 is 0 Å². The number of imide groups is 2. The number of aryl methyl sites for hydroxylation is 1. The number of rotatable bonds is 10. The normalized spacial score (nSPS) is 20.1. The van der Waals surface area contributed by atoms with Gasteiger partial charge in [0.05, 0.1) is 28.6 Å². The quantitative estimate of drug-likeness (QED) is 0.155. The van der Waals surface area contributed by atoms with E-state index < -0.39 is 29.7 Å². The number of amides is 6. The van der Waals surface area contributed by atoms with Crippen LogP contribution in [0.5, 0.6) is 0 Å². The Balaban J connectivity index is 0.727. The summed E-state index contributed by atoms with van der Waals surface area (Å²) in [6, 6.07) is 7.10. The minimum atomic E-state index is -1.05. The number of nitrogens with one attached hydrogen (secondary N) is 3. The van der Waals surface area contributed by atoms with E-state index in [1.54, 1.807) is 28.7 Å². The number of pyridine rings is 2. The van der Waals surface area contributed by atoms with Crippen LogP contribution < -0.4 is 26.4 Å². The molecule has 328 valence electrons. The number of fused-ring (bicyclic) bond motifs is 2. The maximum atomic E-state index is 13.6. The predicted molar refractivity (Wildman–Crippen MR) is 232 cm³/mol. The van der Waals surface area contributed by atoms with E-state index in [-0.39, 0.29) is 52.9 Å². The SMILES string of the molecule is CC(=O)c1c(C)c2cnc(Nc3ccc(N4CCN(CCN5CCN(C(=O)Nc6ccc7c(c6)C(=O)N(C6CCC(=O)NC6=O)C7=O)CC5)CC4)cn3)nc2n(C2CCCC2)c1=O. The lowest BCUT2D eigenvalue weighted by molar-refractivity contribution is -0.136. The summed E-state index contributed by atoms with van der Waals surface area (Å²) in [6.07, 6.45) is 7.44. The summed E-state index contributed by atoms with van der Waals surface area (Å²) in [6.45, 7) is 11.1. The molecule has 0 radical (unpaired) electrons. The minimum Gasteiger partial charge on any atom is -0.368 e. The Hall–Kier alpha value is -6.60. The fourth-order valence-electron chi connectivity index (χ4n) is 9.51. The number of aromatic nitrogens is 4. The third-order valence-electron chi connectivity index (χ3n) is 13.1. The Morgan fingerprint density at radius 2 is 1.51 bits per heavy atom. The number of carbonyl (C=O) groups is 6. The first kappa shape index (κ1) is 41.7. The van der Waals surface area contributed by atoms with Crippen LogP contribution in [-0.4, -0.2) is 146 Å². The van der Waals surface area contributed by atoms with Crippen molar-refractivity contribution in [3.05, 3.63) is 75.3 Å². The lowest BCUT2D eigenvalue weighted by atomic mass is 10.0. The molecule has 5 aliphatic rings. The second-order valence-electron chi connectivity index (χ2n) is 16.9. The molecule has 6 amide bonds. The summed E-state index contributed by atoms with van der Waals surface area (Å²) in [5.74, 6) is -1.66. The molecule has 0 bridgehead atoms. The number of carbonyl (C=O) groups excluding carboxylic acids is 6. The second-order valence-corrected chi connectivity index (χ2v) is 16.9. The fourth-order valence-corrected chi connectivity index (χ4v) is 9.51. The summed E-state index contributed by atoms with van der Waals surface area (Å²) < 4.78 is 1.70. The molecule has 63 heavy (non-hydrogen) atoms. The van der Waals surface area contributed by atoms with Gasteiger partial charge in [-0.1, -0.05) is 12.8 Å². The van der Waals surface area contributed by atoms with Crippen LogP contribution in [0.2, 0.25) is 0 Å². The van der Waals surface area contributed by atoms with Gasteiger partial charge in [0, 0.05) is 95.2 Å². The van der Waals surface area contributed by atoms with Crippen molar-refractivity contribution in [2.75, 3.05) is 81.0 Å². The van der Waals surface area contributed by atoms with Crippen molar-refractivity contribution in [3.8, 4) is 0 Å². The molecule has 1 unspecified atom stereocenters. The number of ketones is 1. The maximum Gasteiger partial charge on any atom is 0.321 e. The van der Waals surface area contributed by atoms with E-state index in [9.17, 15) is 33.6 Å². The van der Waals surface area contributed by atoms with Crippen LogP contribution in [0, 0.1) is 6.92 Å². The molecule has 1 aromatic carbocycles. The van der Waals surface area contributed by atoms with E-state index in [2.05, 4.69) is 40.6 Å². The minimum absolute atomic E-state index is 0.00219. The summed E-state index contributed by atoms with van der Waals surface area (Å²) in [5, 5.41) is 8.95. The molecule has 4 aromatic rings. The van der Waals surface area contributed by atoms with Crippen molar-refractivity contribution in [2.45, 2.75) is 64.5 Å². The molecule has 3 saturated heterocycles. The Morgan fingerprint density at radius 1 is 0.810 bits per heavy atom. The van der Waals surface area contributed by atoms with Gasteiger partial charge in [0.15, 0.2) is 5.78 Å². The first-order valence-corrected chi connectivity index (χ1v) is 21.7. The fraction of sp³-hybridized carbons (Fsp3) is 0.455. The molecule has 1 atom stereocenters. The van der Waals surface area contributed by atoms with Crippen LogP contribution in [0.1, 0.15) is 88.1 Å². The number of hydrogen-bond donors (Lipinski definition) is 3. The smallest absolute Gasteiger partial charge is 0.321 e. The number of urea groups is 1. The van der Waals surface area contributed by atoms with Gasteiger partial charge in [-0.2, -0.15) is 4.98 Å². The third-order valence-corrected chi connectivity index (χ3v) is 13.1. The van der Waals surface area contributed by atoms with Gasteiger partial charge in [0.1, 0.15) is 17.5 Å². The van der Waals surface area contributed by atoms with E-state index in [0.717, 1.165) is 88.6 Å². The summed E-state index contributed by atoms with van der Waals surface area (Å²) >= 11 is 0. The monoisotopic (exact) mass is 858 g/mol. The third kappa shape index (κ3) is 8.25. The number of benzene rings is 1. The van der Waals surface area contributed by atoms with E-state index in [4.69, 9.17) is 4.98 Å². The van der Waals surface area contributed by atoms with Gasteiger partial charge in [-0.05, 0) is 69.0 Å². The van der Waals surface area contributed by atoms with Crippen LogP contribution >= 0.6 is 0 Å². The number of hydrogen-bond acceptors (Lipinski definition) is 14. The molecular formula is C44H50N12O7. The zero-order chi connectivity index (χ0) is 43.9. The highest BCUT2D eigenvalue weighted by molar-refractivity contribution is 6.24. The molecule has 7 heterocycles. The summed E-state index contributed by atoms with van der Waals surface area (Å²) in [5.41, 5.74) is 2.72. The van der Waals surface area contributed by atoms with Crippen molar-refractivity contribution in [3.63, 3.8) is 0 Å². The topological polar surface area (TPSA) is 215 Å². The molecule has 1 aliphatic carbocycles. The van der Waals surface area contributed by atoms with Crippen molar-refractivity contribution in [1.82, 2.24) is 44.4 Å². The molecular weight excluding hydrogens is 809 g/mol. The number of Topliss-reactive ketones (excluding diaryl/α,β-unsaturated/α-hetero) is 1. The predicted octanol–water partition coefficient (Wildman–Crippen LogP) is 2.93. The van der Waals surface area contributed by atoms with Crippen LogP contribution in [0.25, 0.3) is 11.0 Å². The molecule has 3 N–H and O–H groups in total. The Bertz CT molecular complexity index is 2570. The van der Waals surface area contributed by atoms with Gasteiger partial charge in [-0.15, -0.1) is 0 Å². The largest absolute Gasteiger partial charge is 0.368 e. The molecule has 4 aliphatic heterocycles. The van der Waals surface area contributed by atoms with Crippen LogP contribution in [-0.2, 0) is 9.59 Å². The average molecular weight is 859 g/mol. The van der Waals surface area contributed by atoms with Gasteiger partial charge >= 0.3 is 6.03 Å². The van der Waals surface area contributed by atoms with Crippen molar-refractivity contribution in [1.29, 1.82) is 0 Å². The second kappa shape index (κ2) is 17.3. The Kier molecular flexibility index (Phi) is 11.4. The Morgan fingerprint density at radius 3 is 2.17 bits per heavy atom. The van der Waals surface area contributed by atoms with E-state index in [1.165, 1.54) is 19.1 Å². The van der Waals surface area contributed by atoms with Gasteiger partial charge in [0.2, 0.25) is 17.8 Å². The number of piperazine rings is 2. The number of piperidine rings is 1. The highest BCUT2D eigenvalue weighted by Crippen LogP contribution is 2.33.